The van der Waals surface area contributed by atoms with E-state index in [1.165, 1.54) is 16.3 Å². The lowest BCUT2D eigenvalue weighted by atomic mass is 10.0. The van der Waals surface area contributed by atoms with Crippen molar-refractivity contribution in [3.8, 4) is 0 Å². The number of benzene rings is 3. The van der Waals surface area contributed by atoms with Crippen LogP contribution in [0, 0.1) is 0 Å². The fraction of sp³-hybridized carbons (Fsp3) is 0.0556. The van der Waals surface area contributed by atoms with Crippen molar-refractivity contribution < 1.29 is 4.42 Å². The lowest BCUT2D eigenvalue weighted by Crippen LogP contribution is -1.89. The Bertz CT molecular complexity index is 935. The molecule has 0 unspecified atom stereocenters. The normalized spacial score (nSPS) is 11.2. The maximum absolute atomic E-state index is 5.81. The number of hydrogen-bond acceptors (Lipinski definition) is 3. The van der Waals surface area contributed by atoms with Gasteiger partial charge in [0.25, 0.3) is 0 Å². The van der Waals surface area contributed by atoms with Gasteiger partial charge in [-0.1, -0.05) is 42.5 Å². The van der Waals surface area contributed by atoms with Crippen LogP contribution in [0.2, 0.25) is 0 Å². The zero-order chi connectivity index (χ0) is 14.2. The zero-order valence-corrected chi connectivity index (χ0v) is 11.4. The molecule has 0 amide bonds. The first kappa shape index (κ1) is 12.0. The molecule has 0 saturated carbocycles. The Morgan fingerprint density at radius 3 is 2.76 bits per heavy atom. The second-order valence-electron chi connectivity index (χ2n) is 5.15. The highest BCUT2D eigenvalue weighted by molar-refractivity contribution is 5.86. The van der Waals surface area contributed by atoms with Crippen molar-refractivity contribution in [1.29, 1.82) is 0 Å². The maximum Gasteiger partial charge on any atom is 0.199 e. The molecular weight excluding hydrogens is 260 g/mol. The molecule has 0 spiro atoms. The number of anilines is 1. The summed E-state index contributed by atoms with van der Waals surface area (Å²) in [5, 5.41) is 2.47. The van der Waals surface area contributed by atoms with E-state index in [4.69, 9.17) is 10.2 Å². The number of hydrogen-bond donors (Lipinski definition) is 1. The SMILES string of the molecule is Nc1ccc2nc(Cc3cccc4ccccc34)oc2c1. The average Bonchev–Trinajstić information content (AvgIpc) is 2.89. The molecule has 0 aliphatic rings. The fourth-order valence-corrected chi connectivity index (χ4v) is 2.67. The van der Waals surface area contributed by atoms with Crippen molar-refractivity contribution in [1.82, 2.24) is 4.98 Å². The predicted octanol–water partition coefficient (Wildman–Crippen LogP) is 4.15. The first-order valence-corrected chi connectivity index (χ1v) is 6.91. The minimum absolute atomic E-state index is 0.677. The topological polar surface area (TPSA) is 52.0 Å². The third-order valence-electron chi connectivity index (χ3n) is 3.68. The van der Waals surface area contributed by atoms with Crippen LogP contribution < -0.4 is 5.73 Å². The zero-order valence-electron chi connectivity index (χ0n) is 11.4. The molecule has 0 atom stereocenters. The van der Waals surface area contributed by atoms with Gasteiger partial charge in [0, 0.05) is 11.8 Å². The molecule has 3 nitrogen and oxygen atoms in total. The van der Waals surface area contributed by atoms with E-state index in [-0.39, 0.29) is 0 Å². The molecule has 4 rings (SSSR count). The van der Waals surface area contributed by atoms with E-state index in [1.807, 2.05) is 24.3 Å². The van der Waals surface area contributed by atoms with E-state index in [2.05, 4.69) is 41.4 Å². The van der Waals surface area contributed by atoms with Crippen molar-refractivity contribution in [2.75, 3.05) is 5.73 Å². The molecule has 2 N–H and O–H groups in total. The van der Waals surface area contributed by atoms with Crippen molar-refractivity contribution >= 4 is 27.6 Å². The molecular formula is C18H14N2O. The molecule has 0 aliphatic carbocycles. The Morgan fingerprint density at radius 2 is 1.81 bits per heavy atom. The van der Waals surface area contributed by atoms with Gasteiger partial charge in [-0.05, 0) is 28.5 Å². The highest BCUT2D eigenvalue weighted by Gasteiger charge is 2.08. The van der Waals surface area contributed by atoms with E-state index in [0.717, 1.165) is 11.1 Å². The van der Waals surface area contributed by atoms with Gasteiger partial charge in [0.05, 0.1) is 6.42 Å². The summed E-state index contributed by atoms with van der Waals surface area (Å²) < 4.78 is 5.81. The van der Waals surface area contributed by atoms with Gasteiger partial charge in [-0.25, -0.2) is 4.98 Å². The van der Waals surface area contributed by atoms with Gasteiger partial charge >= 0.3 is 0 Å². The molecule has 0 fully saturated rings. The average molecular weight is 274 g/mol. The molecule has 0 saturated heterocycles. The molecule has 102 valence electrons. The summed E-state index contributed by atoms with van der Waals surface area (Å²) in [6, 6.07) is 20.2. The van der Waals surface area contributed by atoms with Crippen molar-refractivity contribution in [2.45, 2.75) is 6.42 Å². The standard InChI is InChI=1S/C18H14N2O/c19-14-8-9-16-17(11-14)21-18(20-16)10-13-6-3-5-12-4-1-2-7-15(12)13/h1-9,11H,10,19H2. The summed E-state index contributed by atoms with van der Waals surface area (Å²) in [4.78, 5) is 4.53. The van der Waals surface area contributed by atoms with Crippen molar-refractivity contribution in [3.63, 3.8) is 0 Å². The maximum atomic E-state index is 5.81. The smallest absolute Gasteiger partial charge is 0.199 e. The Morgan fingerprint density at radius 1 is 0.952 bits per heavy atom. The number of oxazole rings is 1. The third kappa shape index (κ3) is 2.13. The molecule has 21 heavy (non-hydrogen) atoms. The van der Waals surface area contributed by atoms with Crippen molar-refractivity contribution in [3.05, 3.63) is 72.1 Å². The van der Waals surface area contributed by atoms with Crippen LogP contribution in [0.25, 0.3) is 21.9 Å². The number of nitrogens with two attached hydrogens (primary N) is 1. The van der Waals surface area contributed by atoms with Crippen LogP contribution in [0.4, 0.5) is 5.69 Å². The van der Waals surface area contributed by atoms with Gasteiger partial charge in [-0.15, -0.1) is 0 Å². The minimum Gasteiger partial charge on any atom is -0.440 e. The third-order valence-corrected chi connectivity index (χ3v) is 3.68. The minimum atomic E-state index is 0.677. The Balaban J connectivity index is 1.79. The van der Waals surface area contributed by atoms with E-state index in [0.29, 0.717) is 18.0 Å². The molecule has 0 radical (unpaired) electrons. The summed E-state index contributed by atoms with van der Waals surface area (Å²) in [5.74, 6) is 0.715. The Labute approximate surface area is 122 Å². The predicted molar refractivity (Wildman–Crippen MR) is 85.2 cm³/mol. The van der Waals surface area contributed by atoms with Gasteiger partial charge in [-0.3, -0.25) is 0 Å². The largest absolute Gasteiger partial charge is 0.440 e. The summed E-state index contributed by atoms with van der Waals surface area (Å²) >= 11 is 0. The molecule has 3 heteroatoms. The number of fused-ring (bicyclic) bond motifs is 2. The lowest BCUT2D eigenvalue weighted by molar-refractivity contribution is 0.545. The first-order valence-electron chi connectivity index (χ1n) is 6.91. The van der Waals surface area contributed by atoms with Gasteiger partial charge in [0.15, 0.2) is 11.5 Å². The summed E-state index contributed by atoms with van der Waals surface area (Å²) in [5.41, 5.74) is 9.27. The first-order chi connectivity index (χ1) is 10.3. The van der Waals surface area contributed by atoms with E-state index in [1.54, 1.807) is 0 Å². The molecule has 4 aromatic rings. The molecule has 0 bridgehead atoms. The second kappa shape index (κ2) is 4.63. The lowest BCUT2D eigenvalue weighted by Gasteiger charge is -2.03. The van der Waals surface area contributed by atoms with E-state index >= 15 is 0 Å². The summed E-state index contributed by atoms with van der Waals surface area (Å²) in [6.45, 7) is 0. The van der Waals surface area contributed by atoms with Crippen LogP contribution >= 0.6 is 0 Å². The van der Waals surface area contributed by atoms with E-state index < -0.39 is 0 Å². The monoisotopic (exact) mass is 274 g/mol. The second-order valence-corrected chi connectivity index (χ2v) is 5.15. The van der Waals surface area contributed by atoms with Crippen LogP contribution in [-0.2, 0) is 6.42 Å². The van der Waals surface area contributed by atoms with Crippen molar-refractivity contribution in [2.24, 2.45) is 0 Å². The fourth-order valence-electron chi connectivity index (χ4n) is 2.67. The van der Waals surface area contributed by atoms with Gasteiger partial charge < -0.3 is 10.2 Å². The summed E-state index contributed by atoms with van der Waals surface area (Å²) in [7, 11) is 0. The van der Waals surface area contributed by atoms with Crippen LogP contribution in [-0.4, -0.2) is 4.98 Å². The molecule has 3 aromatic carbocycles. The van der Waals surface area contributed by atoms with Gasteiger partial charge in [0.1, 0.15) is 5.52 Å². The molecule has 1 aromatic heterocycles. The molecule has 1 heterocycles. The van der Waals surface area contributed by atoms with Crippen LogP contribution in [0.1, 0.15) is 11.5 Å². The number of aromatic nitrogens is 1. The van der Waals surface area contributed by atoms with Crippen LogP contribution in [0.3, 0.4) is 0 Å². The van der Waals surface area contributed by atoms with Crippen LogP contribution in [0.5, 0.6) is 0 Å². The van der Waals surface area contributed by atoms with E-state index in [9.17, 15) is 0 Å². The highest BCUT2D eigenvalue weighted by Crippen LogP contribution is 2.24. The number of nitrogen functional groups attached to an aromatic ring is 1. The van der Waals surface area contributed by atoms with Crippen LogP contribution in [0.15, 0.2) is 65.1 Å². The summed E-state index contributed by atoms with van der Waals surface area (Å²) in [6.07, 6.45) is 0.677. The number of nitrogens with zero attached hydrogens (tertiary/aromatic N) is 1. The number of rotatable bonds is 2. The Kier molecular flexibility index (Phi) is 2.64. The Hall–Kier alpha value is -2.81. The highest BCUT2D eigenvalue weighted by atomic mass is 16.3. The van der Waals surface area contributed by atoms with Gasteiger partial charge in [0.2, 0.25) is 0 Å². The molecule has 0 aliphatic heterocycles. The quantitative estimate of drug-likeness (QED) is 0.558. The van der Waals surface area contributed by atoms with Gasteiger partial charge in [-0.2, -0.15) is 0 Å².